The van der Waals surface area contributed by atoms with Gasteiger partial charge in [0.25, 0.3) is 0 Å². The van der Waals surface area contributed by atoms with Crippen LogP contribution in [0.2, 0.25) is 0 Å². The van der Waals surface area contributed by atoms with Gasteiger partial charge in [0.15, 0.2) is 5.78 Å². The van der Waals surface area contributed by atoms with Gasteiger partial charge in [-0.25, -0.2) is 0 Å². The van der Waals surface area contributed by atoms with Crippen molar-refractivity contribution in [1.82, 2.24) is 0 Å². The number of anilines is 1. The minimum Gasteiger partial charge on any atom is -0.508 e. The average Bonchev–Trinajstić information content (AvgIpc) is 2.63. The minimum absolute atomic E-state index is 0.0252. The van der Waals surface area contributed by atoms with Crippen molar-refractivity contribution in [2.75, 3.05) is 18.1 Å². The van der Waals surface area contributed by atoms with Gasteiger partial charge in [-0.1, -0.05) is 30.3 Å². The first kappa shape index (κ1) is 17.2. The van der Waals surface area contributed by atoms with Gasteiger partial charge in [-0.05, 0) is 30.2 Å². The monoisotopic (exact) mass is 339 g/mol. The number of carbonyl (C=O) groups is 2. The van der Waals surface area contributed by atoms with Crippen molar-refractivity contribution >= 4 is 17.4 Å². The fourth-order valence-electron chi connectivity index (χ4n) is 2.93. The molecule has 5 heteroatoms. The van der Waals surface area contributed by atoms with Crippen molar-refractivity contribution in [3.63, 3.8) is 0 Å². The number of phenolic OH excluding ortho intramolecular Hbond substituents is 1. The van der Waals surface area contributed by atoms with E-state index in [9.17, 15) is 14.7 Å². The molecule has 0 aliphatic carbocycles. The van der Waals surface area contributed by atoms with Crippen LogP contribution in [0.25, 0.3) is 0 Å². The highest BCUT2D eigenvalue weighted by molar-refractivity contribution is 6.09. The van der Waals surface area contributed by atoms with Gasteiger partial charge in [0.05, 0.1) is 12.3 Å². The lowest BCUT2D eigenvalue weighted by Crippen LogP contribution is -2.37. The second kappa shape index (κ2) is 7.94. The smallest absolute Gasteiger partial charge is 0.227 e. The van der Waals surface area contributed by atoms with Crippen LogP contribution < -0.4 is 4.90 Å². The third kappa shape index (κ3) is 4.25. The summed E-state index contributed by atoms with van der Waals surface area (Å²) in [4.78, 5) is 26.1. The van der Waals surface area contributed by atoms with Crippen LogP contribution in [-0.4, -0.2) is 29.9 Å². The Hall–Kier alpha value is -2.66. The fourth-order valence-corrected chi connectivity index (χ4v) is 2.93. The van der Waals surface area contributed by atoms with Gasteiger partial charge in [-0.2, -0.15) is 0 Å². The van der Waals surface area contributed by atoms with E-state index in [4.69, 9.17) is 4.74 Å². The first-order valence-corrected chi connectivity index (χ1v) is 8.43. The Bertz CT molecular complexity index is 758. The molecule has 2 aromatic rings. The zero-order chi connectivity index (χ0) is 17.6. The molecule has 1 heterocycles. The summed E-state index contributed by atoms with van der Waals surface area (Å²) < 4.78 is 5.60. The molecule has 0 fully saturated rings. The summed E-state index contributed by atoms with van der Waals surface area (Å²) in [6.45, 7) is 1.44. The first-order chi connectivity index (χ1) is 12.1. The maximum absolute atomic E-state index is 12.5. The van der Waals surface area contributed by atoms with E-state index in [1.54, 1.807) is 11.0 Å². The molecular weight excluding hydrogens is 318 g/mol. The summed E-state index contributed by atoms with van der Waals surface area (Å²) in [6, 6.07) is 14.5. The number of Topliss-reactive ketones (excluding diaryl/α,β-unsaturated/α-hetero) is 1. The lowest BCUT2D eigenvalue weighted by atomic mass is 9.99. The van der Waals surface area contributed by atoms with E-state index in [1.165, 1.54) is 12.1 Å². The van der Waals surface area contributed by atoms with Crippen LogP contribution in [0.15, 0.2) is 48.5 Å². The molecule has 0 unspecified atom stereocenters. The highest BCUT2D eigenvalue weighted by atomic mass is 16.5. The van der Waals surface area contributed by atoms with Gasteiger partial charge in [0.1, 0.15) is 5.75 Å². The van der Waals surface area contributed by atoms with Crippen molar-refractivity contribution in [2.24, 2.45) is 0 Å². The zero-order valence-electron chi connectivity index (χ0n) is 14.0. The van der Waals surface area contributed by atoms with Crippen LogP contribution in [-0.2, 0) is 16.1 Å². The van der Waals surface area contributed by atoms with E-state index in [2.05, 4.69) is 0 Å². The number of nitrogens with zero attached hydrogens (tertiary/aromatic N) is 1. The lowest BCUT2D eigenvalue weighted by Gasteiger charge is -2.28. The topological polar surface area (TPSA) is 66.8 Å². The van der Waals surface area contributed by atoms with Crippen LogP contribution in [0.1, 0.15) is 35.2 Å². The molecule has 0 atom stereocenters. The summed E-state index contributed by atoms with van der Waals surface area (Å²) in [5, 5.41) is 9.55. The molecule has 0 aromatic heterocycles. The number of benzene rings is 2. The molecule has 1 N–H and O–H groups in total. The predicted octanol–water partition coefficient (Wildman–Crippen LogP) is 3.31. The van der Waals surface area contributed by atoms with Gasteiger partial charge in [0, 0.05) is 31.6 Å². The summed E-state index contributed by atoms with van der Waals surface area (Å²) in [7, 11) is 0. The largest absolute Gasteiger partial charge is 0.508 e. The van der Waals surface area contributed by atoms with Crippen LogP contribution in [0.3, 0.4) is 0 Å². The molecule has 0 saturated carbocycles. The second-order valence-corrected chi connectivity index (χ2v) is 6.06. The third-order valence-electron chi connectivity index (χ3n) is 4.23. The molecule has 0 bridgehead atoms. The number of carbonyl (C=O) groups excluding carboxylic acids is 2. The normalized spacial score (nSPS) is 13.6. The van der Waals surface area contributed by atoms with E-state index in [-0.39, 0.29) is 23.9 Å². The quantitative estimate of drug-likeness (QED) is 0.820. The Labute approximate surface area is 146 Å². The summed E-state index contributed by atoms with van der Waals surface area (Å²) in [6.07, 6.45) is 1.28. The lowest BCUT2D eigenvalue weighted by molar-refractivity contribution is -0.119. The number of hydrogen-bond acceptors (Lipinski definition) is 4. The van der Waals surface area contributed by atoms with Gasteiger partial charge in [-0.15, -0.1) is 0 Å². The van der Waals surface area contributed by atoms with Crippen LogP contribution in [0.5, 0.6) is 5.75 Å². The van der Waals surface area contributed by atoms with Crippen molar-refractivity contribution in [3.05, 3.63) is 59.7 Å². The summed E-state index contributed by atoms with van der Waals surface area (Å²) in [5.41, 5.74) is 2.11. The second-order valence-electron chi connectivity index (χ2n) is 6.06. The molecule has 0 radical (unpaired) electrons. The Balaban J connectivity index is 1.50. The van der Waals surface area contributed by atoms with E-state index < -0.39 is 0 Å². The number of amides is 1. The van der Waals surface area contributed by atoms with Gasteiger partial charge in [-0.3, -0.25) is 9.59 Å². The Morgan fingerprint density at radius 3 is 2.76 bits per heavy atom. The Morgan fingerprint density at radius 2 is 1.96 bits per heavy atom. The van der Waals surface area contributed by atoms with Crippen LogP contribution in [0.4, 0.5) is 5.69 Å². The number of phenols is 1. The van der Waals surface area contributed by atoms with E-state index in [0.29, 0.717) is 43.9 Å². The number of ketones is 1. The SMILES string of the molecule is O=C1CCN(C(=O)CCCOCc2ccccc2)c2ccc(O)cc21. The molecule has 0 spiro atoms. The zero-order valence-corrected chi connectivity index (χ0v) is 14.0. The van der Waals surface area contributed by atoms with Gasteiger partial charge in [0.2, 0.25) is 5.91 Å². The third-order valence-corrected chi connectivity index (χ3v) is 4.23. The number of fused-ring (bicyclic) bond motifs is 1. The first-order valence-electron chi connectivity index (χ1n) is 8.43. The fraction of sp³-hybridized carbons (Fsp3) is 0.300. The average molecular weight is 339 g/mol. The molecule has 25 heavy (non-hydrogen) atoms. The van der Waals surface area contributed by atoms with Crippen molar-refractivity contribution < 1.29 is 19.4 Å². The van der Waals surface area contributed by atoms with Gasteiger partial charge < -0.3 is 14.7 Å². The predicted molar refractivity (Wildman–Crippen MR) is 94.7 cm³/mol. The molecule has 5 nitrogen and oxygen atoms in total. The van der Waals surface area contributed by atoms with Crippen LogP contribution >= 0.6 is 0 Å². The Kier molecular flexibility index (Phi) is 5.46. The molecule has 1 amide bonds. The van der Waals surface area contributed by atoms with Crippen molar-refractivity contribution in [3.8, 4) is 5.75 Å². The maximum Gasteiger partial charge on any atom is 0.227 e. The molecule has 1 aliphatic heterocycles. The number of rotatable bonds is 6. The van der Waals surface area contributed by atoms with Crippen molar-refractivity contribution in [1.29, 1.82) is 0 Å². The van der Waals surface area contributed by atoms with E-state index in [1.807, 2.05) is 30.3 Å². The summed E-state index contributed by atoms with van der Waals surface area (Å²) >= 11 is 0. The Morgan fingerprint density at radius 1 is 1.16 bits per heavy atom. The molecule has 2 aromatic carbocycles. The van der Waals surface area contributed by atoms with Gasteiger partial charge >= 0.3 is 0 Å². The van der Waals surface area contributed by atoms with Crippen LogP contribution in [0, 0.1) is 0 Å². The van der Waals surface area contributed by atoms with E-state index in [0.717, 1.165) is 5.56 Å². The van der Waals surface area contributed by atoms with Crippen molar-refractivity contribution in [2.45, 2.75) is 25.9 Å². The molecule has 3 rings (SSSR count). The van der Waals surface area contributed by atoms with E-state index >= 15 is 0 Å². The maximum atomic E-state index is 12.5. The molecule has 0 saturated heterocycles. The highest BCUT2D eigenvalue weighted by Crippen LogP contribution is 2.30. The highest BCUT2D eigenvalue weighted by Gasteiger charge is 2.27. The molecule has 1 aliphatic rings. The number of ether oxygens (including phenoxy) is 1. The number of aromatic hydroxyl groups is 1. The standard InChI is InChI=1S/C20H21NO4/c22-16-8-9-18-17(13-16)19(23)10-11-21(18)20(24)7-4-12-25-14-15-5-2-1-3-6-15/h1-3,5-6,8-9,13,22H,4,7,10-12,14H2. The molecular formula is C20H21NO4. The molecule has 130 valence electrons. The summed E-state index contributed by atoms with van der Waals surface area (Å²) in [5.74, 6) is -0.0281. The number of hydrogen-bond donors (Lipinski definition) is 1. The minimum atomic E-state index is -0.0406.